The van der Waals surface area contributed by atoms with E-state index in [1.807, 2.05) is 25.2 Å². The van der Waals surface area contributed by atoms with E-state index in [-0.39, 0.29) is 37.1 Å². The van der Waals surface area contributed by atoms with Crippen molar-refractivity contribution in [1.82, 2.24) is 24.3 Å². The maximum absolute atomic E-state index is 12.4. The number of hydrogen-bond acceptors (Lipinski definition) is 5. The van der Waals surface area contributed by atoms with Crippen molar-refractivity contribution in [3.63, 3.8) is 0 Å². The van der Waals surface area contributed by atoms with Crippen LogP contribution in [0.4, 0.5) is 0 Å². The van der Waals surface area contributed by atoms with Crippen molar-refractivity contribution in [3.8, 4) is 0 Å². The quantitative estimate of drug-likeness (QED) is 0.728. The molecule has 1 aromatic carbocycles. The van der Waals surface area contributed by atoms with Gasteiger partial charge in [-0.3, -0.25) is 24.2 Å². The lowest BCUT2D eigenvalue weighted by molar-refractivity contribution is -0.146. The first kappa shape index (κ1) is 17.7. The van der Waals surface area contributed by atoms with E-state index in [2.05, 4.69) is 15.5 Å². The van der Waals surface area contributed by atoms with Crippen LogP contribution in [-0.4, -0.2) is 74.7 Å². The molecule has 2 aliphatic heterocycles. The number of rotatable bonds is 4. The van der Waals surface area contributed by atoms with Gasteiger partial charge < -0.3 is 9.47 Å². The van der Waals surface area contributed by atoms with E-state index in [4.69, 9.17) is 4.98 Å². The summed E-state index contributed by atoms with van der Waals surface area (Å²) in [6, 6.07) is 8.06. The smallest absolute Gasteiger partial charge is 0.242 e. The summed E-state index contributed by atoms with van der Waals surface area (Å²) in [6.07, 6.45) is 0.440. The Kier molecular flexibility index (Phi) is 4.65. The number of para-hydroxylation sites is 2. The fourth-order valence-electron chi connectivity index (χ4n) is 3.73. The number of piperazine rings is 1. The van der Waals surface area contributed by atoms with Crippen molar-refractivity contribution >= 4 is 28.8 Å². The van der Waals surface area contributed by atoms with Crippen LogP contribution >= 0.6 is 0 Å². The van der Waals surface area contributed by atoms with Gasteiger partial charge in [-0.25, -0.2) is 4.98 Å². The van der Waals surface area contributed by atoms with Gasteiger partial charge in [0, 0.05) is 46.1 Å². The van der Waals surface area contributed by atoms with Gasteiger partial charge in [-0.05, 0) is 12.1 Å². The Morgan fingerprint density at radius 3 is 2.37 bits per heavy atom. The Morgan fingerprint density at radius 2 is 1.70 bits per heavy atom. The van der Waals surface area contributed by atoms with Crippen molar-refractivity contribution in [2.24, 2.45) is 7.05 Å². The number of fused-ring (bicyclic) bond motifs is 1. The minimum atomic E-state index is -0.242. The minimum Gasteiger partial charge on any atom is -0.339 e. The third-order valence-corrected chi connectivity index (χ3v) is 5.42. The molecule has 2 saturated heterocycles. The second kappa shape index (κ2) is 7.11. The monoisotopic (exact) mass is 369 g/mol. The van der Waals surface area contributed by atoms with Crippen molar-refractivity contribution in [2.75, 3.05) is 32.7 Å². The van der Waals surface area contributed by atoms with E-state index >= 15 is 0 Å². The van der Waals surface area contributed by atoms with Gasteiger partial charge in [-0.15, -0.1) is 0 Å². The Labute approximate surface area is 157 Å². The summed E-state index contributed by atoms with van der Waals surface area (Å²) in [5.74, 6) is 0.368. The van der Waals surface area contributed by atoms with Crippen LogP contribution in [-0.2, 0) is 28.0 Å². The molecule has 8 heteroatoms. The first-order valence-electron chi connectivity index (χ1n) is 9.26. The molecular weight excluding hydrogens is 346 g/mol. The van der Waals surface area contributed by atoms with Gasteiger partial charge in [-0.1, -0.05) is 12.1 Å². The zero-order chi connectivity index (χ0) is 19.0. The maximum atomic E-state index is 12.4. The summed E-state index contributed by atoms with van der Waals surface area (Å²) in [5, 5.41) is 0. The molecule has 2 aromatic rings. The van der Waals surface area contributed by atoms with Crippen molar-refractivity contribution in [2.45, 2.75) is 19.4 Å². The predicted molar refractivity (Wildman–Crippen MR) is 98.5 cm³/mol. The second-order valence-electron chi connectivity index (χ2n) is 7.11. The van der Waals surface area contributed by atoms with Crippen LogP contribution in [0.3, 0.4) is 0 Å². The topological polar surface area (TPSA) is 78.8 Å². The molecule has 3 amide bonds. The number of carbonyl (C=O) groups is 3. The molecule has 142 valence electrons. The van der Waals surface area contributed by atoms with E-state index in [1.54, 1.807) is 4.90 Å². The highest BCUT2D eigenvalue weighted by atomic mass is 16.2. The molecule has 2 fully saturated rings. The Bertz CT molecular complexity index is 882. The molecule has 0 saturated carbocycles. The summed E-state index contributed by atoms with van der Waals surface area (Å²) in [7, 11) is 2.02. The van der Waals surface area contributed by atoms with E-state index in [0.29, 0.717) is 13.1 Å². The molecule has 4 rings (SSSR count). The number of nitrogens with zero attached hydrogens (tertiary/aromatic N) is 5. The fourth-order valence-corrected chi connectivity index (χ4v) is 3.73. The molecule has 1 aromatic heterocycles. The highest BCUT2D eigenvalue weighted by Gasteiger charge is 2.32. The predicted octanol–water partition coefficient (Wildman–Crippen LogP) is 0.367. The van der Waals surface area contributed by atoms with Gasteiger partial charge in [0.05, 0.1) is 17.6 Å². The zero-order valence-corrected chi connectivity index (χ0v) is 15.4. The number of likely N-dealkylation sites (tertiary alicyclic amines) is 1. The molecule has 27 heavy (non-hydrogen) atoms. The molecule has 0 aliphatic carbocycles. The Hall–Kier alpha value is -2.74. The summed E-state index contributed by atoms with van der Waals surface area (Å²) in [5.41, 5.74) is 2.10. The molecule has 3 heterocycles. The van der Waals surface area contributed by atoms with Crippen LogP contribution < -0.4 is 0 Å². The minimum absolute atomic E-state index is 0.123. The van der Waals surface area contributed by atoms with Crippen molar-refractivity contribution in [3.05, 3.63) is 30.1 Å². The van der Waals surface area contributed by atoms with Gasteiger partial charge >= 0.3 is 0 Å². The molecule has 0 radical (unpaired) electrons. The highest BCUT2D eigenvalue weighted by Crippen LogP contribution is 2.17. The molecular formula is C19H23N5O3. The van der Waals surface area contributed by atoms with Gasteiger partial charge in [0.1, 0.15) is 12.4 Å². The second-order valence-corrected chi connectivity index (χ2v) is 7.11. The summed E-state index contributed by atoms with van der Waals surface area (Å²) in [4.78, 5) is 45.6. The third-order valence-electron chi connectivity index (χ3n) is 5.42. The van der Waals surface area contributed by atoms with Crippen LogP contribution in [0.5, 0.6) is 0 Å². The number of imide groups is 1. The number of imidazole rings is 1. The molecule has 0 N–H and O–H groups in total. The van der Waals surface area contributed by atoms with Gasteiger partial charge in [0.15, 0.2) is 0 Å². The summed E-state index contributed by atoms with van der Waals surface area (Å²) in [6.45, 7) is 3.30. The zero-order valence-electron chi connectivity index (χ0n) is 15.4. The van der Waals surface area contributed by atoms with Crippen LogP contribution in [0.2, 0.25) is 0 Å². The number of carbonyl (C=O) groups excluding carboxylic acids is 3. The van der Waals surface area contributed by atoms with Gasteiger partial charge in [0.25, 0.3) is 0 Å². The van der Waals surface area contributed by atoms with Gasteiger partial charge in [-0.2, -0.15) is 0 Å². The molecule has 0 unspecified atom stereocenters. The third kappa shape index (κ3) is 3.44. The molecule has 0 atom stereocenters. The van der Waals surface area contributed by atoms with Crippen molar-refractivity contribution < 1.29 is 14.4 Å². The largest absolute Gasteiger partial charge is 0.339 e. The lowest BCUT2D eigenvalue weighted by Crippen LogP contribution is -2.51. The molecule has 2 aliphatic rings. The number of aryl methyl sites for hydroxylation is 1. The van der Waals surface area contributed by atoms with Crippen LogP contribution in [0, 0.1) is 0 Å². The SMILES string of the molecule is Cn1c(CN2CCN(C(=O)CN3C(=O)CCC3=O)CC2)nc2ccccc21. The van der Waals surface area contributed by atoms with Crippen LogP contribution in [0.15, 0.2) is 24.3 Å². The first-order valence-corrected chi connectivity index (χ1v) is 9.26. The van der Waals surface area contributed by atoms with E-state index in [1.165, 1.54) is 0 Å². The average Bonchev–Trinajstić information content (AvgIpc) is 3.16. The maximum Gasteiger partial charge on any atom is 0.242 e. The Morgan fingerprint density at radius 1 is 1.04 bits per heavy atom. The standard InChI is InChI=1S/C19H23N5O3/c1-21-15-5-3-2-4-14(15)20-16(21)12-22-8-10-23(11-9-22)19(27)13-24-17(25)6-7-18(24)26/h2-5H,6-13H2,1H3. The first-order chi connectivity index (χ1) is 13.0. The normalized spacial score (nSPS) is 18.7. The van der Waals surface area contributed by atoms with Crippen LogP contribution in [0.1, 0.15) is 18.7 Å². The summed E-state index contributed by atoms with van der Waals surface area (Å²) >= 11 is 0. The number of aromatic nitrogens is 2. The molecule has 0 bridgehead atoms. The van der Waals surface area contributed by atoms with E-state index < -0.39 is 0 Å². The molecule has 0 spiro atoms. The summed E-state index contributed by atoms with van der Waals surface area (Å²) < 4.78 is 2.11. The lowest BCUT2D eigenvalue weighted by Gasteiger charge is -2.35. The Balaban J connectivity index is 1.33. The molecule has 8 nitrogen and oxygen atoms in total. The van der Waals surface area contributed by atoms with Crippen molar-refractivity contribution in [1.29, 1.82) is 0 Å². The van der Waals surface area contributed by atoms with E-state index in [9.17, 15) is 14.4 Å². The lowest BCUT2D eigenvalue weighted by atomic mass is 10.3. The number of benzene rings is 1. The van der Waals surface area contributed by atoms with Crippen LogP contribution in [0.25, 0.3) is 11.0 Å². The number of amides is 3. The fraction of sp³-hybridized carbons (Fsp3) is 0.474. The number of hydrogen-bond donors (Lipinski definition) is 0. The van der Waals surface area contributed by atoms with Gasteiger partial charge in [0.2, 0.25) is 17.7 Å². The highest BCUT2D eigenvalue weighted by molar-refractivity contribution is 6.04. The average molecular weight is 369 g/mol. The van der Waals surface area contributed by atoms with E-state index in [0.717, 1.165) is 41.4 Å².